The number of hydrogen-bond donors (Lipinski definition) is 0. The fourth-order valence-corrected chi connectivity index (χ4v) is 1.65. The number of rotatable bonds is 6. The fourth-order valence-electron chi connectivity index (χ4n) is 1.23. The molecule has 0 amide bonds. The minimum atomic E-state index is -0.270. The number of thioether (sulfide) groups is 1. The van der Waals surface area contributed by atoms with Crippen molar-refractivity contribution >= 4 is 11.8 Å². The Morgan fingerprint density at radius 2 is 2.00 bits per heavy atom. The third-order valence-corrected chi connectivity index (χ3v) is 2.52. The van der Waals surface area contributed by atoms with Crippen LogP contribution in [0.5, 0.6) is 0 Å². The molecule has 0 aromatic carbocycles. The van der Waals surface area contributed by atoms with E-state index in [0.717, 1.165) is 10.6 Å². The van der Waals surface area contributed by atoms with Crippen LogP contribution in [0.25, 0.3) is 0 Å². The summed E-state index contributed by atoms with van der Waals surface area (Å²) in [6.07, 6.45) is 3.52. The highest BCUT2D eigenvalue weighted by molar-refractivity contribution is 7.98. The van der Waals surface area contributed by atoms with Gasteiger partial charge in [-0.05, 0) is 32.2 Å². The quantitative estimate of drug-likeness (QED) is 0.552. The first-order valence-electron chi connectivity index (χ1n) is 5.05. The summed E-state index contributed by atoms with van der Waals surface area (Å²) in [5.41, 5.74) is 1.03. The molecular weight excluding hydrogens is 210 g/mol. The highest BCUT2D eigenvalue weighted by Crippen LogP contribution is 2.22. The molecule has 0 radical (unpaired) electrons. The summed E-state index contributed by atoms with van der Waals surface area (Å²) in [5.74, 6) is 0. The van der Waals surface area contributed by atoms with Crippen LogP contribution in [-0.4, -0.2) is 24.5 Å². The van der Waals surface area contributed by atoms with Crippen molar-refractivity contribution < 1.29 is 9.47 Å². The van der Waals surface area contributed by atoms with Crippen LogP contribution in [0.1, 0.15) is 25.7 Å². The molecule has 1 rings (SSSR count). The van der Waals surface area contributed by atoms with Crippen molar-refractivity contribution in [1.29, 1.82) is 0 Å². The third-order valence-electron chi connectivity index (χ3n) is 1.88. The molecule has 0 aliphatic carbocycles. The fraction of sp³-hybridized carbons (Fsp3) is 0.545. The van der Waals surface area contributed by atoms with Crippen LogP contribution >= 0.6 is 11.8 Å². The molecule has 0 unspecified atom stereocenters. The SMILES string of the molecule is CCOC(OCC)c1ccnc(SC)c1. The van der Waals surface area contributed by atoms with Crippen molar-refractivity contribution in [2.45, 2.75) is 25.2 Å². The molecule has 0 spiro atoms. The molecule has 3 nitrogen and oxygen atoms in total. The lowest BCUT2D eigenvalue weighted by Gasteiger charge is -2.17. The standard InChI is InChI=1S/C11H17NO2S/c1-4-13-11(14-5-2)9-6-7-12-10(8-9)15-3/h6-8,11H,4-5H2,1-3H3. The van der Waals surface area contributed by atoms with Crippen molar-refractivity contribution in [2.24, 2.45) is 0 Å². The molecule has 0 atom stereocenters. The molecule has 1 aromatic heterocycles. The molecule has 0 N–H and O–H groups in total. The predicted octanol–water partition coefficient (Wildman–Crippen LogP) is 2.88. The first-order chi connectivity index (χ1) is 7.31. The zero-order chi connectivity index (χ0) is 11.1. The van der Waals surface area contributed by atoms with Crippen LogP contribution in [0.3, 0.4) is 0 Å². The van der Waals surface area contributed by atoms with Gasteiger partial charge in [0.2, 0.25) is 0 Å². The summed E-state index contributed by atoms with van der Waals surface area (Å²) in [4.78, 5) is 4.21. The van der Waals surface area contributed by atoms with Crippen molar-refractivity contribution in [1.82, 2.24) is 4.98 Å². The maximum atomic E-state index is 5.51. The van der Waals surface area contributed by atoms with Gasteiger partial charge in [0, 0.05) is 25.0 Å². The smallest absolute Gasteiger partial charge is 0.183 e. The Morgan fingerprint density at radius 1 is 1.33 bits per heavy atom. The minimum absolute atomic E-state index is 0.270. The summed E-state index contributed by atoms with van der Waals surface area (Å²) in [6.45, 7) is 5.20. The molecule has 4 heteroatoms. The zero-order valence-corrected chi connectivity index (χ0v) is 10.2. The monoisotopic (exact) mass is 227 g/mol. The van der Waals surface area contributed by atoms with Crippen LogP contribution in [0, 0.1) is 0 Å². The first-order valence-corrected chi connectivity index (χ1v) is 6.27. The van der Waals surface area contributed by atoms with E-state index in [0.29, 0.717) is 13.2 Å². The van der Waals surface area contributed by atoms with E-state index in [4.69, 9.17) is 9.47 Å². The largest absolute Gasteiger partial charge is 0.349 e. The highest BCUT2D eigenvalue weighted by Gasteiger charge is 2.11. The van der Waals surface area contributed by atoms with Gasteiger partial charge in [-0.1, -0.05) is 0 Å². The van der Waals surface area contributed by atoms with E-state index < -0.39 is 0 Å². The lowest BCUT2D eigenvalue weighted by molar-refractivity contribution is -0.140. The molecule has 0 saturated heterocycles. The Labute approximate surface area is 95.2 Å². The number of aromatic nitrogens is 1. The zero-order valence-electron chi connectivity index (χ0n) is 9.40. The van der Waals surface area contributed by atoms with E-state index in [1.54, 1.807) is 18.0 Å². The number of nitrogens with zero attached hydrogens (tertiary/aromatic N) is 1. The molecule has 0 bridgehead atoms. The van der Waals surface area contributed by atoms with Gasteiger partial charge >= 0.3 is 0 Å². The maximum Gasteiger partial charge on any atom is 0.183 e. The normalized spacial score (nSPS) is 10.9. The molecule has 0 saturated carbocycles. The second-order valence-corrected chi connectivity index (χ2v) is 3.70. The Hall–Kier alpha value is -0.580. The average molecular weight is 227 g/mol. The maximum absolute atomic E-state index is 5.51. The molecule has 1 aromatic rings. The van der Waals surface area contributed by atoms with Gasteiger partial charge in [0.15, 0.2) is 6.29 Å². The third kappa shape index (κ3) is 3.81. The van der Waals surface area contributed by atoms with Gasteiger partial charge in [-0.25, -0.2) is 4.98 Å². The van der Waals surface area contributed by atoms with Gasteiger partial charge in [-0.15, -0.1) is 11.8 Å². The second kappa shape index (κ2) is 6.82. The van der Waals surface area contributed by atoms with Crippen LogP contribution in [0.4, 0.5) is 0 Å². The van der Waals surface area contributed by atoms with Crippen molar-refractivity contribution in [2.75, 3.05) is 19.5 Å². The van der Waals surface area contributed by atoms with Crippen molar-refractivity contribution in [3.8, 4) is 0 Å². The summed E-state index contributed by atoms with van der Waals surface area (Å²) in [7, 11) is 0. The van der Waals surface area contributed by atoms with Crippen LogP contribution in [0.2, 0.25) is 0 Å². The lowest BCUT2D eigenvalue weighted by atomic mass is 10.2. The van der Waals surface area contributed by atoms with E-state index in [1.807, 2.05) is 32.2 Å². The van der Waals surface area contributed by atoms with E-state index in [2.05, 4.69) is 4.98 Å². The van der Waals surface area contributed by atoms with Gasteiger partial charge in [0.25, 0.3) is 0 Å². The Kier molecular flexibility index (Phi) is 5.68. The van der Waals surface area contributed by atoms with Gasteiger partial charge in [-0.3, -0.25) is 0 Å². The Balaban J connectivity index is 2.79. The summed E-state index contributed by atoms with van der Waals surface area (Å²) in [6, 6.07) is 3.93. The average Bonchev–Trinajstić information content (AvgIpc) is 2.29. The second-order valence-electron chi connectivity index (χ2n) is 2.87. The van der Waals surface area contributed by atoms with E-state index >= 15 is 0 Å². The molecule has 15 heavy (non-hydrogen) atoms. The topological polar surface area (TPSA) is 31.4 Å². The lowest BCUT2D eigenvalue weighted by Crippen LogP contribution is -2.09. The molecule has 1 heterocycles. The van der Waals surface area contributed by atoms with Gasteiger partial charge in [-0.2, -0.15) is 0 Å². The molecule has 0 aliphatic heterocycles. The summed E-state index contributed by atoms with van der Waals surface area (Å²) < 4.78 is 11.0. The van der Waals surface area contributed by atoms with Gasteiger partial charge in [0.05, 0.1) is 5.03 Å². The molecule has 0 fully saturated rings. The van der Waals surface area contributed by atoms with Crippen LogP contribution < -0.4 is 0 Å². The number of hydrogen-bond acceptors (Lipinski definition) is 4. The molecule has 84 valence electrons. The predicted molar refractivity (Wildman–Crippen MR) is 62.0 cm³/mol. The summed E-state index contributed by atoms with van der Waals surface area (Å²) >= 11 is 1.61. The van der Waals surface area contributed by atoms with Crippen LogP contribution in [0.15, 0.2) is 23.4 Å². The van der Waals surface area contributed by atoms with Crippen LogP contribution in [-0.2, 0) is 9.47 Å². The van der Waals surface area contributed by atoms with E-state index in [1.165, 1.54) is 0 Å². The number of pyridine rings is 1. The van der Waals surface area contributed by atoms with Crippen molar-refractivity contribution in [3.63, 3.8) is 0 Å². The Bertz CT molecular complexity index is 288. The Morgan fingerprint density at radius 3 is 2.53 bits per heavy atom. The molecular formula is C11H17NO2S. The van der Waals surface area contributed by atoms with Gasteiger partial charge < -0.3 is 9.47 Å². The molecule has 0 aliphatic rings. The van der Waals surface area contributed by atoms with Crippen molar-refractivity contribution in [3.05, 3.63) is 23.9 Å². The highest BCUT2D eigenvalue weighted by atomic mass is 32.2. The van der Waals surface area contributed by atoms with E-state index in [9.17, 15) is 0 Å². The van der Waals surface area contributed by atoms with E-state index in [-0.39, 0.29) is 6.29 Å². The number of ether oxygens (including phenoxy) is 2. The first kappa shape index (κ1) is 12.5. The summed E-state index contributed by atoms with van der Waals surface area (Å²) in [5, 5.41) is 0.983. The van der Waals surface area contributed by atoms with Gasteiger partial charge in [0.1, 0.15) is 0 Å². The minimum Gasteiger partial charge on any atom is -0.349 e.